The Bertz CT molecular complexity index is 1870. The molecule has 0 amide bonds. The van der Waals surface area contributed by atoms with Gasteiger partial charge in [-0.15, -0.1) is 0 Å². The van der Waals surface area contributed by atoms with Crippen LogP contribution in [0.5, 0.6) is 0 Å². The Morgan fingerprint density at radius 2 is 1.32 bits per heavy atom. The summed E-state index contributed by atoms with van der Waals surface area (Å²) in [5.41, 5.74) is 9.36. The highest BCUT2D eigenvalue weighted by molar-refractivity contribution is 6.29. The van der Waals surface area contributed by atoms with E-state index < -0.39 is 0 Å². The Morgan fingerprint density at radius 1 is 0.645 bits per heavy atom. The molecular formula is C29H23N2+. The predicted octanol–water partition coefficient (Wildman–Crippen LogP) is 6.89. The van der Waals surface area contributed by atoms with Crippen LogP contribution < -0.4 is 4.57 Å². The fourth-order valence-electron chi connectivity index (χ4n) is 6.04. The second-order valence-electron chi connectivity index (χ2n) is 9.03. The summed E-state index contributed by atoms with van der Waals surface area (Å²) in [5, 5.41) is 9.46. The molecule has 0 saturated heterocycles. The fraction of sp³-hybridized carbons (Fsp3) is 0.138. The quantitative estimate of drug-likeness (QED) is 0.149. The van der Waals surface area contributed by atoms with Crippen molar-refractivity contribution in [3.63, 3.8) is 0 Å². The third-order valence-corrected chi connectivity index (χ3v) is 7.42. The van der Waals surface area contributed by atoms with Crippen molar-refractivity contribution in [1.82, 2.24) is 4.40 Å². The Balaban J connectivity index is 2.03. The topological polar surface area (TPSA) is 8.29 Å². The van der Waals surface area contributed by atoms with E-state index in [1.54, 1.807) is 0 Å². The minimum Gasteiger partial charge on any atom is -0.307 e. The maximum atomic E-state index is 2.55. The highest BCUT2D eigenvalue weighted by atomic mass is 15.0. The minimum absolute atomic E-state index is 1.29. The summed E-state index contributed by atoms with van der Waals surface area (Å²) in [6, 6.07) is 22.4. The van der Waals surface area contributed by atoms with Crippen molar-refractivity contribution in [1.29, 1.82) is 0 Å². The number of nitrogens with zero attached hydrogens (tertiary/aromatic N) is 2. The minimum atomic E-state index is 1.29. The number of rotatable bonds is 0. The van der Waals surface area contributed by atoms with Gasteiger partial charge in [-0.3, -0.25) is 0 Å². The van der Waals surface area contributed by atoms with Crippen LogP contribution in [-0.2, 0) is 7.05 Å². The molecule has 0 fully saturated rings. The molecule has 3 heterocycles. The van der Waals surface area contributed by atoms with Crippen molar-refractivity contribution in [3.05, 3.63) is 83.6 Å². The van der Waals surface area contributed by atoms with Crippen molar-refractivity contribution in [2.24, 2.45) is 7.05 Å². The second kappa shape index (κ2) is 5.53. The molecule has 0 aliphatic rings. The van der Waals surface area contributed by atoms with Gasteiger partial charge < -0.3 is 4.40 Å². The fourth-order valence-corrected chi connectivity index (χ4v) is 6.04. The summed E-state index contributed by atoms with van der Waals surface area (Å²) < 4.78 is 4.87. The number of aryl methyl sites for hydroxylation is 4. The summed E-state index contributed by atoms with van der Waals surface area (Å²) >= 11 is 0. The summed E-state index contributed by atoms with van der Waals surface area (Å²) in [4.78, 5) is 0. The molecule has 0 atom stereocenters. The van der Waals surface area contributed by atoms with Crippen molar-refractivity contribution >= 4 is 59.8 Å². The first-order chi connectivity index (χ1) is 15.1. The third kappa shape index (κ3) is 1.87. The number of fused-ring (bicyclic) bond motifs is 7. The highest BCUT2D eigenvalue weighted by Crippen LogP contribution is 2.44. The summed E-state index contributed by atoms with van der Waals surface area (Å²) in [5.74, 6) is 0. The van der Waals surface area contributed by atoms with Crippen LogP contribution in [-0.4, -0.2) is 4.40 Å². The van der Waals surface area contributed by atoms with E-state index >= 15 is 0 Å². The number of benzene rings is 4. The molecule has 7 aromatic rings. The number of hydrogen-bond donors (Lipinski definition) is 0. The molecule has 0 spiro atoms. The first-order valence-electron chi connectivity index (χ1n) is 11.0. The Morgan fingerprint density at radius 3 is 2.10 bits per heavy atom. The SMILES string of the molecule is Cc1cc2c3ccccc3n3c4c(C)c5ccccc5c(C)c4c4c(c1cc[n+]4C)c23. The molecule has 2 heteroatoms. The number of hydrogen-bond acceptors (Lipinski definition) is 0. The zero-order chi connectivity index (χ0) is 21.0. The molecule has 0 aliphatic carbocycles. The van der Waals surface area contributed by atoms with E-state index in [9.17, 15) is 0 Å². The van der Waals surface area contributed by atoms with Crippen LogP contribution in [0, 0.1) is 20.8 Å². The van der Waals surface area contributed by atoms with E-state index in [1.165, 1.54) is 76.5 Å². The van der Waals surface area contributed by atoms with Gasteiger partial charge in [0.1, 0.15) is 7.05 Å². The molecule has 0 N–H and O–H groups in total. The van der Waals surface area contributed by atoms with E-state index in [2.05, 4.69) is 104 Å². The van der Waals surface area contributed by atoms with Gasteiger partial charge in [-0.2, -0.15) is 0 Å². The Hall–Kier alpha value is -3.65. The van der Waals surface area contributed by atoms with Gasteiger partial charge in [-0.05, 0) is 65.8 Å². The van der Waals surface area contributed by atoms with Gasteiger partial charge >= 0.3 is 0 Å². The third-order valence-electron chi connectivity index (χ3n) is 7.42. The monoisotopic (exact) mass is 399 g/mol. The highest BCUT2D eigenvalue weighted by Gasteiger charge is 2.26. The average molecular weight is 400 g/mol. The maximum Gasteiger partial charge on any atom is 0.224 e. The second-order valence-corrected chi connectivity index (χ2v) is 9.03. The lowest BCUT2D eigenvalue weighted by Crippen LogP contribution is -2.29. The number of aromatic nitrogens is 2. The van der Waals surface area contributed by atoms with E-state index in [-0.39, 0.29) is 0 Å². The van der Waals surface area contributed by atoms with Crippen LogP contribution >= 0.6 is 0 Å². The molecule has 0 saturated carbocycles. The molecule has 3 aromatic heterocycles. The van der Waals surface area contributed by atoms with Crippen LogP contribution in [0.25, 0.3) is 59.8 Å². The molecule has 0 aliphatic heterocycles. The summed E-state index contributed by atoms with van der Waals surface area (Å²) in [7, 11) is 2.19. The molecular weight excluding hydrogens is 376 g/mol. The largest absolute Gasteiger partial charge is 0.307 e. The van der Waals surface area contributed by atoms with E-state index in [0.29, 0.717) is 0 Å². The molecule has 0 radical (unpaired) electrons. The van der Waals surface area contributed by atoms with Crippen molar-refractivity contribution in [2.45, 2.75) is 20.8 Å². The van der Waals surface area contributed by atoms with Crippen LogP contribution in [0.2, 0.25) is 0 Å². The van der Waals surface area contributed by atoms with E-state index in [0.717, 1.165) is 0 Å². The molecule has 2 nitrogen and oxygen atoms in total. The van der Waals surface area contributed by atoms with Crippen molar-refractivity contribution < 1.29 is 4.57 Å². The molecule has 31 heavy (non-hydrogen) atoms. The number of pyridine rings is 2. The van der Waals surface area contributed by atoms with Crippen molar-refractivity contribution in [3.8, 4) is 0 Å². The van der Waals surface area contributed by atoms with Gasteiger partial charge in [-0.25, -0.2) is 4.57 Å². The van der Waals surface area contributed by atoms with E-state index in [4.69, 9.17) is 0 Å². The predicted molar refractivity (Wildman–Crippen MR) is 132 cm³/mol. The Labute approximate surface area is 180 Å². The smallest absolute Gasteiger partial charge is 0.224 e. The molecule has 148 valence electrons. The maximum absolute atomic E-state index is 2.55. The van der Waals surface area contributed by atoms with Gasteiger partial charge in [0, 0.05) is 16.8 Å². The number of para-hydroxylation sites is 1. The van der Waals surface area contributed by atoms with Crippen LogP contribution in [0.4, 0.5) is 0 Å². The van der Waals surface area contributed by atoms with Gasteiger partial charge in [0.25, 0.3) is 0 Å². The lowest BCUT2D eigenvalue weighted by molar-refractivity contribution is -0.643. The lowest BCUT2D eigenvalue weighted by Gasteiger charge is -2.17. The van der Waals surface area contributed by atoms with Crippen LogP contribution in [0.3, 0.4) is 0 Å². The Kier molecular flexibility index (Phi) is 3.04. The summed E-state index contributed by atoms with van der Waals surface area (Å²) in [6.07, 6.45) is 2.22. The van der Waals surface area contributed by atoms with Gasteiger partial charge in [0.2, 0.25) is 5.52 Å². The first-order valence-corrected chi connectivity index (χ1v) is 11.0. The standard InChI is InChI=1S/C29H23N2/c1-16-15-23-22-11-7-8-12-24(22)31-27-18(3)21-10-6-5-9-20(21)17(2)25(27)29-26(28(23)31)19(16)13-14-30(29)4/h5-15H,1-4H3/q+1. The normalized spacial score (nSPS) is 12.5. The van der Waals surface area contributed by atoms with E-state index in [1.807, 2.05) is 0 Å². The zero-order valence-corrected chi connectivity index (χ0v) is 18.2. The van der Waals surface area contributed by atoms with Gasteiger partial charge in [0.05, 0.1) is 27.3 Å². The first kappa shape index (κ1) is 17.1. The molecule has 0 unspecified atom stereocenters. The zero-order valence-electron chi connectivity index (χ0n) is 18.2. The molecule has 0 bridgehead atoms. The van der Waals surface area contributed by atoms with Gasteiger partial charge in [-0.1, -0.05) is 42.5 Å². The van der Waals surface area contributed by atoms with Crippen LogP contribution in [0.1, 0.15) is 16.7 Å². The summed E-state index contributed by atoms with van der Waals surface area (Å²) in [6.45, 7) is 6.84. The average Bonchev–Trinajstić information content (AvgIpc) is 3.12. The molecule has 7 rings (SSSR count). The molecule has 4 aromatic carbocycles. The van der Waals surface area contributed by atoms with Gasteiger partial charge in [0.15, 0.2) is 6.20 Å². The van der Waals surface area contributed by atoms with Crippen LogP contribution in [0.15, 0.2) is 66.9 Å². The lowest BCUT2D eigenvalue weighted by atomic mass is 9.92. The van der Waals surface area contributed by atoms with Crippen molar-refractivity contribution in [2.75, 3.05) is 0 Å².